The molecule has 0 aliphatic rings. The van der Waals surface area contributed by atoms with Crippen LogP contribution in [0.1, 0.15) is 19.5 Å². The fourth-order valence-corrected chi connectivity index (χ4v) is 2.51. The molecule has 0 amide bonds. The van der Waals surface area contributed by atoms with Gasteiger partial charge >= 0.3 is 5.97 Å². The quantitative estimate of drug-likeness (QED) is 0.838. The Hall–Kier alpha value is -1.40. The van der Waals surface area contributed by atoms with Crippen molar-refractivity contribution in [1.29, 1.82) is 0 Å². The molecule has 0 radical (unpaired) electrons. The number of ether oxygens (including phenoxy) is 1. The van der Waals surface area contributed by atoms with Crippen LogP contribution < -0.4 is 5.32 Å². The minimum Gasteiger partial charge on any atom is -0.468 e. The molecule has 0 saturated heterocycles. The van der Waals surface area contributed by atoms with E-state index in [0.717, 1.165) is 10.7 Å². The zero-order valence-corrected chi connectivity index (χ0v) is 11.5. The number of rotatable bonds is 5. The summed E-state index contributed by atoms with van der Waals surface area (Å²) in [6.45, 7) is 4.53. The fraction of sp³-hybridized carbons (Fsp3) is 0.500. The molecule has 5 nitrogen and oxygen atoms in total. The molecule has 0 aliphatic carbocycles. The summed E-state index contributed by atoms with van der Waals surface area (Å²) in [5, 5.41) is 5.18. The number of thiazole rings is 1. The van der Waals surface area contributed by atoms with Gasteiger partial charge in [-0.3, -0.25) is 14.5 Å². The molecule has 1 atom stereocenters. The Morgan fingerprint density at radius 3 is 3.00 bits per heavy atom. The molecule has 2 rings (SSSR count). The smallest absolute Gasteiger partial charge is 0.323 e. The summed E-state index contributed by atoms with van der Waals surface area (Å²) in [4.78, 5) is 17.0. The van der Waals surface area contributed by atoms with E-state index in [0.29, 0.717) is 6.54 Å². The molecule has 0 aliphatic heterocycles. The maximum absolute atomic E-state index is 11.6. The maximum atomic E-state index is 11.6. The summed E-state index contributed by atoms with van der Waals surface area (Å²) in [6.07, 6.45) is 3.93. The van der Waals surface area contributed by atoms with Gasteiger partial charge in [0.2, 0.25) is 0 Å². The molecule has 1 unspecified atom stereocenters. The van der Waals surface area contributed by atoms with Crippen LogP contribution in [0, 0.1) is 5.92 Å². The Balaban J connectivity index is 2.01. The fourth-order valence-electron chi connectivity index (χ4n) is 1.79. The monoisotopic (exact) mass is 267 g/mol. The second-order valence-corrected chi connectivity index (χ2v) is 5.32. The van der Waals surface area contributed by atoms with Crippen LogP contribution in [0.25, 0.3) is 4.96 Å². The number of nitrogens with one attached hydrogen (secondary N) is 1. The first-order valence-electron chi connectivity index (χ1n) is 5.84. The van der Waals surface area contributed by atoms with Gasteiger partial charge in [-0.15, -0.1) is 11.3 Å². The van der Waals surface area contributed by atoms with Crippen LogP contribution in [0.5, 0.6) is 0 Å². The molecule has 98 valence electrons. The summed E-state index contributed by atoms with van der Waals surface area (Å²) < 4.78 is 6.76. The predicted octanol–water partition coefficient (Wildman–Crippen LogP) is 1.68. The second-order valence-electron chi connectivity index (χ2n) is 4.45. The largest absolute Gasteiger partial charge is 0.468 e. The number of imidazole rings is 1. The molecule has 0 saturated carbocycles. The highest BCUT2D eigenvalue weighted by atomic mass is 32.1. The van der Waals surface area contributed by atoms with Crippen molar-refractivity contribution in [3.8, 4) is 0 Å². The van der Waals surface area contributed by atoms with E-state index in [1.807, 2.05) is 36.0 Å². The number of carbonyl (C=O) groups is 1. The van der Waals surface area contributed by atoms with Crippen molar-refractivity contribution in [2.75, 3.05) is 7.11 Å². The standard InChI is InChI=1S/C12H17N3O2S/c1-8(2)10(11(16)17-3)13-6-9-7-15-4-5-18-12(15)14-9/h4-5,7-8,10,13H,6H2,1-3H3. The molecule has 0 fully saturated rings. The number of methoxy groups -OCH3 is 1. The van der Waals surface area contributed by atoms with Gasteiger partial charge in [0.05, 0.1) is 12.8 Å². The number of hydrogen-bond acceptors (Lipinski definition) is 5. The number of hydrogen-bond donors (Lipinski definition) is 1. The molecule has 0 spiro atoms. The lowest BCUT2D eigenvalue weighted by Crippen LogP contribution is -2.41. The predicted molar refractivity (Wildman–Crippen MR) is 70.6 cm³/mol. The SMILES string of the molecule is COC(=O)C(NCc1cn2ccsc2n1)C(C)C. The molecule has 0 aromatic carbocycles. The van der Waals surface area contributed by atoms with Gasteiger partial charge in [0, 0.05) is 24.3 Å². The van der Waals surface area contributed by atoms with E-state index in [2.05, 4.69) is 10.3 Å². The van der Waals surface area contributed by atoms with Gasteiger partial charge < -0.3 is 4.74 Å². The highest BCUT2D eigenvalue weighted by molar-refractivity contribution is 7.15. The molecular formula is C12H17N3O2S. The number of esters is 1. The normalized spacial score (nSPS) is 13.1. The summed E-state index contributed by atoms with van der Waals surface area (Å²) in [5.41, 5.74) is 0.927. The van der Waals surface area contributed by atoms with Crippen molar-refractivity contribution in [1.82, 2.24) is 14.7 Å². The highest BCUT2D eigenvalue weighted by Gasteiger charge is 2.22. The zero-order chi connectivity index (χ0) is 13.1. The molecule has 2 aromatic heterocycles. The van der Waals surface area contributed by atoms with Gasteiger partial charge in [0.1, 0.15) is 6.04 Å². The minimum atomic E-state index is -0.297. The number of carbonyl (C=O) groups excluding carboxylic acids is 1. The van der Waals surface area contributed by atoms with E-state index >= 15 is 0 Å². The van der Waals surface area contributed by atoms with E-state index < -0.39 is 0 Å². The van der Waals surface area contributed by atoms with E-state index in [-0.39, 0.29) is 17.9 Å². The van der Waals surface area contributed by atoms with Crippen LogP contribution in [0.4, 0.5) is 0 Å². The van der Waals surface area contributed by atoms with Crippen LogP contribution in [-0.2, 0) is 16.1 Å². The topological polar surface area (TPSA) is 55.6 Å². The molecule has 6 heteroatoms. The van der Waals surface area contributed by atoms with Crippen LogP contribution in [-0.4, -0.2) is 28.5 Å². The van der Waals surface area contributed by atoms with E-state index in [1.165, 1.54) is 7.11 Å². The van der Waals surface area contributed by atoms with E-state index in [9.17, 15) is 4.79 Å². The number of aromatic nitrogens is 2. The Labute approximate surface area is 110 Å². The second kappa shape index (κ2) is 5.49. The van der Waals surface area contributed by atoms with Crippen molar-refractivity contribution >= 4 is 22.3 Å². The average molecular weight is 267 g/mol. The Morgan fingerprint density at radius 2 is 2.39 bits per heavy atom. The first-order valence-corrected chi connectivity index (χ1v) is 6.72. The van der Waals surface area contributed by atoms with Crippen molar-refractivity contribution in [2.45, 2.75) is 26.4 Å². The summed E-state index contributed by atoms with van der Waals surface area (Å²) in [7, 11) is 1.41. The lowest BCUT2D eigenvalue weighted by Gasteiger charge is -2.19. The molecule has 2 heterocycles. The van der Waals surface area contributed by atoms with Crippen molar-refractivity contribution in [2.24, 2.45) is 5.92 Å². The molecule has 0 bridgehead atoms. The first-order chi connectivity index (χ1) is 8.61. The summed E-state index contributed by atoms with van der Waals surface area (Å²) in [6, 6.07) is -0.297. The molecule has 18 heavy (non-hydrogen) atoms. The Bertz CT molecular complexity index is 504. The Morgan fingerprint density at radius 1 is 1.61 bits per heavy atom. The van der Waals surface area contributed by atoms with Gasteiger partial charge in [-0.25, -0.2) is 4.98 Å². The lowest BCUT2D eigenvalue weighted by molar-refractivity contribution is -0.144. The van der Waals surface area contributed by atoms with Gasteiger partial charge in [-0.05, 0) is 5.92 Å². The third kappa shape index (κ3) is 2.70. The van der Waals surface area contributed by atoms with E-state index in [1.54, 1.807) is 11.3 Å². The van der Waals surface area contributed by atoms with Crippen LogP contribution >= 0.6 is 11.3 Å². The van der Waals surface area contributed by atoms with Gasteiger partial charge in [-0.1, -0.05) is 13.8 Å². The van der Waals surface area contributed by atoms with Crippen LogP contribution in [0.15, 0.2) is 17.8 Å². The molecular weight excluding hydrogens is 250 g/mol. The lowest BCUT2D eigenvalue weighted by atomic mass is 10.0. The minimum absolute atomic E-state index is 0.182. The average Bonchev–Trinajstić information content (AvgIpc) is 2.88. The maximum Gasteiger partial charge on any atom is 0.323 e. The third-order valence-electron chi connectivity index (χ3n) is 2.77. The number of fused-ring (bicyclic) bond motifs is 1. The Kier molecular flexibility index (Phi) is 3.98. The third-order valence-corrected chi connectivity index (χ3v) is 3.54. The number of nitrogens with zero attached hydrogens (tertiary/aromatic N) is 2. The van der Waals surface area contributed by atoms with Crippen molar-refractivity contribution < 1.29 is 9.53 Å². The highest BCUT2D eigenvalue weighted by Crippen LogP contribution is 2.12. The van der Waals surface area contributed by atoms with Crippen LogP contribution in [0.3, 0.4) is 0 Å². The van der Waals surface area contributed by atoms with Gasteiger partial charge in [-0.2, -0.15) is 0 Å². The molecule has 1 N–H and O–H groups in total. The van der Waals surface area contributed by atoms with Crippen molar-refractivity contribution in [3.63, 3.8) is 0 Å². The van der Waals surface area contributed by atoms with Crippen LogP contribution in [0.2, 0.25) is 0 Å². The zero-order valence-electron chi connectivity index (χ0n) is 10.7. The van der Waals surface area contributed by atoms with Gasteiger partial charge in [0.15, 0.2) is 4.96 Å². The van der Waals surface area contributed by atoms with Gasteiger partial charge in [0.25, 0.3) is 0 Å². The van der Waals surface area contributed by atoms with Crippen molar-refractivity contribution in [3.05, 3.63) is 23.5 Å². The van der Waals surface area contributed by atoms with E-state index in [4.69, 9.17) is 4.74 Å². The summed E-state index contributed by atoms with van der Waals surface area (Å²) in [5.74, 6) is -0.0489. The summed E-state index contributed by atoms with van der Waals surface area (Å²) >= 11 is 1.59. The first kappa shape index (κ1) is 13.0. The molecule has 2 aromatic rings.